The molecule has 1 fully saturated rings. The van der Waals surface area contributed by atoms with Crippen molar-refractivity contribution >= 4 is 28.9 Å². The van der Waals surface area contributed by atoms with E-state index in [1.807, 2.05) is 48.5 Å². The van der Waals surface area contributed by atoms with E-state index in [0.29, 0.717) is 5.56 Å². The Morgan fingerprint density at radius 3 is 1.97 bits per heavy atom. The molecule has 2 amide bonds. The Morgan fingerprint density at radius 2 is 1.38 bits per heavy atom. The SMILES string of the molecule is NC(=O)C1CCN(c2ccc(NC(=O)c3ccc(N4CC=CC4)cc3)cc2)CC1. The van der Waals surface area contributed by atoms with E-state index in [-0.39, 0.29) is 17.7 Å². The molecule has 2 aromatic rings. The van der Waals surface area contributed by atoms with Crippen molar-refractivity contribution < 1.29 is 9.59 Å². The number of benzene rings is 2. The highest BCUT2D eigenvalue weighted by Gasteiger charge is 2.23. The molecule has 2 aromatic carbocycles. The Morgan fingerprint density at radius 1 is 0.828 bits per heavy atom. The van der Waals surface area contributed by atoms with E-state index in [4.69, 9.17) is 5.73 Å². The van der Waals surface area contributed by atoms with Crippen LogP contribution in [0.3, 0.4) is 0 Å². The molecule has 6 nitrogen and oxygen atoms in total. The number of hydrogen-bond donors (Lipinski definition) is 2. The zero-order valence-corrected chi connectivity index (χ0v) is 16.4. The van der Waals surface area contributed by atoms with Crippen molar-refractivity contribution in [1.82, 2.24) is 0 Å². The van der Waals surface area contributed by atoms with E-state index < -0.39 is 0 Å². The molecule has 0 radical (unpaired) electrons. The quantitative estimate of drug-likeness (QED) is 0.770. The number of primary amides is 1. The maximum Gasteiger partial charge on any atom is 0.255 e. The van der Waals surface area contributed by atoms with Crippen LogP contribution >= 0.6 is 0 Å². The van der Waals surface area contributed by atoms with Crippen molar-refractivity contribution in [3.63, 3.8) is 0 Å². The zero-order chi connectivity index (χ0) is 20.2. The van der Waals surface area contributed by atoms with E-state index in [1.54, 1.807) is 0 Å². The topological polar surface area (TPSA) is 78.7 Å². The van der Waals surface area contributed by atoms with Gasteiger partial charge in [0.15, 0.2) is 0 Å². The molecule has 0 spiro atoms. The van der Waals surface area contributed by atoms with Gasteiger partial charge in [0.1, 0.15) is 0 Å². The van der Waals surface area contributed by atoms with E-state index in [9.17, 15) is 9.59 Å². The molecule has 150 valence electrons. The fourth-order valence-corrected chi connectivity index (χ4v) is 3.89. The van der Waals surface area contributed by atoms with Gasteiger partial charge in [0.2, 0.25) is 5.91 Å². The summed E-state index contributed by atoms with van der Waals surface area (Å²) in [4.78, 5) is 28.3. The van der Waals surface area contributed by atoms with Crippen LogP contribution in [-0.2, 0) is 4.79 Å². The van der Waals surface area contributed by atoms with Gasteiger partial charge in [0, 0.05) is 54.7 Å². The van der Waals surface area contributed by atoms with Gasteiger partial charge in [0.05, 0.1) is 0 Å². The number of carbonyl (C=O) groups excluding carboxylic acids is 2. The minimum absolute atomic E-state index is 0.0158. The molecule has 0 aliphatic carbocycles. The van der Waals surface area contributed by atoms with E-state index >= 15 is 0 Å². The van der Waals surface area contributed by atoms with Crippen LogP contribution in [0.1, 0.15) is 23.2 Å². The summed E-state index contributed by atoms with van der Waals surface area (Å²) in [5, 5.41) is 2.95. The standard InChI is InChI=1S/C23H26N4O2/c24-22(28)17-11-15-27(16-12-17)21-9-5-19(6-10-21)25-23(29)18-3-7-20(8-4-18)26-13-1-2-14-26/h1-10,17H,11-16H2,(H2,24,28)(H,25,29). The molecule has 0 bridgehead atoms. The molecular weight excluding hydrogens is 364 g/mol. The van der Waals surface area contributed by atoms with Crippen LogP contribution < -0.4 is 20.9 Å². The number of amides is 2. The van der Waals surface area contributed by atoms with Crippen molar-refractivity contribution in [2.75, 3.05) is 41.3 Å². The van der Waals surface area contributed by atoms with Crippen LogP contribution in [0.5, 0.6) is 0 Å². The van der Waals surface area contributed by atoms with Crippen LogP contribution in [-0.4, -0.2) is 38.0 Å². The monoisotopic (exact) mass is 390 g/mol. The molecule has 0 aromatic heterocycles. The number of nitrogens with zero attached hydrogens (tertiary/aromatic N) is 2. The Labute approximate surface area is 171 Å². The van der Waals surface area contributed by atoms with Gasteiger partial charge in [-0.15, -0.1) is 0 Å². The highest BCUT2D eigenvalue weighted by Crippen LogP contribution is 2.25. The summed E-state index contributed by atoms with van der Waals surface area (Å²) in [7, 11) is 0. The molecule has 2 aliphatic rings. The first-order chi connectivity index (χ1) is 14.1. The van der Waals surface area contributed by atoms with Gasteiger partial charge in [-0.25, -0.2) is 0 Å². The molecule has 0 atom stereocenters. The van der Waals surface area contributed by atoms with Crippen molar-refractivity contribution in [2.24, 2.45) is 11.7 Å². The van der Waals surface area contributed by atoms with E-state index in [1.165, 1.54) is 0 Å². The van der Waals surface area contributed by atoms with Crippen molar-refractivity contribution in [2.45, 2.75) is 12.8 Å². The molecular formula is C23H26N4O2. The predicted octanol–water partition coefficient (Wildman–Crippen LogP) is 3.02. The van der Waals surface area contributed by atoms with Gasteiger partial charge < -0.3 is 20.9 Å². The lowest BCUT2D eigenvalue weighted by atomic mass is 9.96. The van der Waals surface area contributed by atoms with Crippen molar-refractivity contribution in [3.05, 3.63) is 66.2 Å². The molecule has 3 N–H and O–H groups in total. The van der Waals surface area contributed by atoms with Gasteiger partial charge >= 0.3 is 0 Å². The summed E-state index contributed by atoms with van der Waals surface area (Å²) in [5.41, 5.74) is 9.02. The molecule has 2 aliphatic heterocycles. The number of hydrogen-bond acceptors (Lipinski definition) is 4. The highest BCUT2D eigenvalue weighted by molar-refractivity contribution is 6.04. The highest BCUT2D eigenvalue weighted by atomic mass is 16.2. The maximum absolute atomic E-state index is 12.5. The zero-order valence-electron chi connectivity index (χ0n) is 16.4. The molecule has 2 heterocycles. The third-order valence-corrected chi connectivity index (χ3v) is 5.70. The lowest BCUT2D eigenvalue weighted by molar-refractivity contribution is -0.122. The van der Waals surface area contributed by atoms with Crippen LogP contribution in [0.25, 0.3) is 0 Å². The molecule has 1 saturated heterocycles. The van der Waals surface area contributed by atoms with Crippen LogP contribution in [0, 0.1) is 5.92 Å². The fourth-order valence-electron chi connectivity index (χ4n) is 3.89. The summed E-state index contributed by atoms with van der Waals surface area (Å²) in [5.74, 6) is -0.336. The fraction of sp³-hybridized carbons (Fsp3) is 0.304. The normalized spacial score (nSPS) is 16.8. The Hall–Kier alpha value is -3.28. The number of piperidine rings is 1. The predicted molar refractivity (Wildman–Crippen MR) is 116 cm³/mol. The smallest absolute Gasteiger partial charge is 0.255 e. The molecule has 4 rings (SSSR count). The van der Waals surface area contributed by atoms with Gasteiger partial charge in [0.25, 0.3) is 5.91 Å². The van der Waals surface area contributed by atoms with Crippen LogP contribution in [0.2, 0.25) is 0 Å². The summed E-state index contributed by atoms with van der Waals surface area (Å²) >= 11 is 0. The van der Waals surface area contributed by atoms with Crippen LogP contribution in [0.15, 0.2) is 60.7 Å². The average molecular weight is 390 g/mol. The first-order valence-corrected chi connectivity index (χ1v) is 10.1. The Balaban J connectivity index is 1.33. The second kappa shape index (κ2) is 8.39. The van der Waals surface area contributed by atoms with Gasteiger partial charge in [-0.2, -0.15) is 0 Å². The number of nitrogens with one attached hydrogen (secondary N) is 1. The van der Waals surface area contributed by atoms with Crippen LogP contribution in [0.4, 0.5) is 17.1 Å². The van der Waals surface area contributed by atoms with Gasteiger partial charge in [-0.3, -0.25) is 9.59 Å². The number of carbonyl (C=O) groups is 2. The number of nitrogens with two attached hydrogens (primary N) is 1. The molecule has 0 saturated carbocycles. The first kappa shape index (κ1) is 19.1. The summed E-state index contributed by atoms with van der Waals surface area (Å²) in [6.07, 6.45) is 5.86. The van der Waals surface area contributed by atoms with E-state index in [0.717, 1.165) is 56.1 Å². The second-order valence-corrected chi connectivity index (χ2v) is 7.59. The molecule has 29 heavy (non-hydrogen) atoms. The molecule has 0 unspecified atom stereocenters. The van der Waals surface area contributed by atoms with Crippen molar-refractivity contribution in [1.29, 1.82) is 0 Å². The lowest BCUT2D eigenvalue weighted by Crippen LogP contribution is -2.38. The maximum atomic E-state index is 12.5. The van der Waals surface area contributed by atoms with E-state index in [2.05, 4.69) is 27.3 Å². The number of rotatable bonds is 5. The Bertz CT molecular complexity index is 889. The van der Waals surface area contributed by atoms with Gasteiger partial charge in [-0.05, 0) is 61.4 Å². The third-order valence-electron chi connectivity index (χ3n) is 5.70. The van der Waals surface area contributed by atoms with Gasteiger partial charge in [-0.1, -0.05) is 12.2 Å². The summed E-state index contributed by atoms with van der Waals surface area (Å²) in [6, 6.07) is 15.5. The minimum atomic E-state index is -0.201. The summed E-state index contributed by atoms with van der Waals surface area (Å²) < 4.78 is 0. The first-order valence-electron chi connectivity index (χ1n) is 10.1. The second-order valence-electron chi connectivity index (χ2n) is 7.59. The number of anilines is 3. The van der Waals surface area contributed by atoms with Crippen molar-refractivity contribution in [3.8, 4) is 0 Å². The summed E-state index contributed by atoms with van der Waals surface area (Å²) in [6.45, 7) is 3.46. The third kappa shape index (κ3) is 4.42. The Kier molecular flexibility index (Phi) is 5.51. The largest absolute Gasteiger partial charge is 0.371 e. The average Bonchev–Trinajstić information content (AvgIpc) is 3.29. The lowest BCUT2D eigenvalue weighted by Gasteiger charge is -2.32. The molecule has 6 heteroatoms. The minimum Gasteiger partial charge on any atom is -0.371 e.